The number of nitriles is 2. The molecule has 1 unspecified atom stereocenters. The smallest absolute Gasteiger partial charge is 0.211 e. The molecule has 27 heavy (non-hydrogen) atoms. The number of rotatable bonds is 1. The predicted molar refractivity (Wildman–Crippen MR) is 101 cm³/mol. The Labute approximate surface area is 154 Å². The molecular formula is C18H13N9. The summed E-state index contributed by atoms with van der Waals surface area (Å²) in [5.74, 6) is 0.589. The van der Waals surface area contributed by atoms with Gasteiger partial charge in [-0.15, -0.1) is 0 Å². The normalized spacial score (nSPS) is 15.0. The number of pyridine rings is 2. The predicted octanol–water partition coefficient (Wildman–Crippen LogP) is 1.61. The van der Waals surface area contributed by atoms with Gasteiger partial charge in [-0.05, 0) is 23.1 Å². The molecule has 0 saturated carbocycles. The number of guanidine groups is 1. The third-order valence-corrected chi connectivity index (χ3v) is 4.34. The minimum absolute atomic E-state index is 0.0147. The van der Waals surface area contributed by atoms with E-state index < -0.39 is 6.04 Å². The number of aliphatic imine (C=N–C) groups is 1. The molecule has 0 aliphatic carbocycles. The van der Waals surface area contributed by atoms with Crippen molar-refractivity contribution in [2.24, 2.45) is 4.99 Å². The van der Waals surface area contributed by atoms with E-state index >= 15 is 0 Å². The van der Waals surface area contributed by atoms with Crippen molar-refractivity contribution in [3.8, 4) is 12.3 Å². The van der Waals surface area contributed by atoms with E-state index in [1.165, 1.54) is 0 Å². The third-order valence-electron chi connectivity index (χ3n) is 4.34. The van der Waals surface area contributed by atoms with Gasteiger partial charge in [-0.25, -0.2) is 9.98 Å². The first kappa shape index (κ1) is 16.1. The fraction of sp³-hybridized carbons (Fsp3) is 0.0556. The molecule has 0 amide bonds. The third kappa shape index (κ3) is 2.60. The lowest BCUT2D eigenvalue weighted by Crippen LogP contribution is -2.32. The summed E-state index contributed by atoms with van der Waals surface area (Å²) in [5.41, 5.74) is 13.7. The minimum atomic E-state index is -0.568. The second kappa shape index (κ2) is 6.17. The van der Waals surface area contributed by atoms with Crippen LogP contribution >= 0.6 is 0 Å². The van der Waals surface area contributed by atoms with Gasteiger partial charge in [-0.3, -0.25) is 10.3 Å². The summed E-state index contributed by atoms with van der Waals surface area (Å²) in [6.45, 7) is 0. The van der Waals surface area contributed by atoms with Crippen molar-refractivity contribution in [2.75, 3.05) is 16.8 Å². The van der Waals surface area contributed by atoms with Crippen LogP contribution in [0.1, 0.15) is 22.7 Å². The Morgan fingerprint density at radius 1 is 1.15 bits per heavy atom. The molecule has 130 valence electrons. The maximum atomic E-state index is 9.37. The number of fused-ring (bicyclic) bond motifs is 2. The highest BCUT2D eigenvalue weighted by atomic mass is 15.2. The number of aromatic nitrogens is 2. The Balaban J connectivity index is 1.95. The summed E-state index contributed by atoms with van der Waals surface area (Å²) in [6, 6.07) is 9.13. The van der Waals surface area contributed by atoms with Crippen LogP contribution in [0.5, 0.6) is 0 Å². The highest BCUT2D eigenvalue weighted by Gasteiger charge is 2.29. The molecule has 2 aromatic heterocycles. The zero-order valence-electron chi connectivity index (χ0n) is 13.9. The van der Waals surface area contributed by atoms with Gasteiger partial charge in [0.05, 0.1) is 5.69 Å². The number of nitrogens with two attached hydrogens (primary N) is 2. The number of benzene rings is 1. The quantitative estimate of drug-likeness (QED) is 0.378. The molecule has 0 bridgehead atoms. The van der Waals surface area contributed by atoms with E-state index in [-0.39, 0.29) is 23.0 Å². The summed E-state index contributed by atoms with van der Waals surface area (Å²) in [4.78, 5) is 12.9. The van der Waals surface area contributed by atoms with E-state index in [1.54, 1.807) is 12.4 Å². The van der Waals surface area contributed by atoms with Crippen LogP contribution in [0.4, 0.5) is 17.3 Å². The molecule has 9 nitrogen and oxygen atoms in total. The van der Waals surface area contributed by atoms with Gasteiger partial charge in [0.25, 0.3) is 0 Å². The van der Waals surface area contributed by atoms with Crippen molar-refractivity contribution in [2.45, 2.75) is 6.04 Å². The Kier molecular flexibility index (Phi) is 3.68. The zero-order chi connectivity index (χ0) is 19.0. The molecule has 1 aliphatic rings. The molecule has 3 aromatic rings. The first-order chi connectivity index (χ1) is 13.1. The lowest BCUT2D eigenvalue weighted by molar-refractivity contribution is 0.848. The first-order valence-electron chi connectivity index (χ1n) is 7.95. The zero-order valence-corrected chi connectivity index (χ0v) is 13.9. The van der Waals surface area contributed by atoms with Crippen LogP contribution in [-0.2, 0) is 0 Å². The van der Waals surface area contributed by atoms with Crippen molar-refractivity contribution in [1.29, 1.82) is 10.5 Å². The van der Waals surface area contributed by atoms with Gasteiger partial charge in [0.15, 0.2) is 6.19 Å². The fourth-order valence-electron chi connectivity index (χ4n) is 3.10. The number of hydrogen-bond acceptors (Lipinski definition) is 9. The molecule has 1 aromatic carbocycles. The average molecular weight is 355 g/mol. The summed E-state index contributed by atoms with van der Waals surface area (Å²) < 4.78 is 0. The van der Waals surface area contributed by atoms with E-state index in [2.05, 4.69) is 25.6 Å². The van der Waals surface area contributed by atoms with E-state index in [1.807, 2.05) is 36.5 Å². The molecule has 9 heteroatoms. The number of nitrogens with zero attached hydrogens (tertiary/aromatic N) is 5. The molecular weight excluding hydrogens is 342 g/mol. The van der Waals surface area contributed by atoms with Crippen LogP contribution in [0.3, 0.4) is 0 Å². The summed E-state index contributed by atoms with van der Waals surface area (Å²) in [6.07, 6.45) is 5.30. The summed E-state index contributed by atoms with van der Waals surface area (Å²) in [7, 11) is 0. The number of hydrogen-bond donors (Lipinski definition) is 4. The first-order valence-corrected chi connectivity index (χ1v) is 7.95. The van der Waals surface area contributed by atoms with Crippen molar-refractivity contribution in [3.05, 3.63) is 53.3 Å². The number of nitrogens with one attached hydrogen (secondary N) is 2. The van der Waals surface area contributed by atoms with Gasteiger partial charge in [0, 0.05) is 23.3 Å². The Morgan fingerprint density at radius 3 is 2.78 bits per heavy atom. The van der Waals surface area contributed by atoms with Crippen LogP contribution in [-0.4, -0.2) is 15.9 Å². The topological polar surface area (TPSA) is 162 Å². The van der Waals surface area contributed by atoms with Gasteiger partial charge in [0.2, 0.25) is 5.96 Å². The van der Waals surface area contributed by atoms with Gasteiger partial charge in [-0.1, -0.05) is 12.1 Å². The van der Waals surface area contributed by atoms with Crippen molar-refractivity contribution < 1.29 is 0 Å². The maximum Gasteiger partial charge on any atom is 0.211 e. The fourth-order valence-corrected chi connectivity index (χ4v) is 3.10. The Morgan fingerprint density at radius 2 is 2.00 bits per heavy atom. The maximum absolute atomic E-state index is 9.37. The second-order valence-electron chi connectivity index (χ2n) is 5.88. The van der Waals surface area contributed by atoms with E-state index in [0.29, 0.717) is 11.4 Å². The van der Waals surface area contributed by atoms with E-state index in [9.17, 15) is 5.26 Å². The number of anilines is 3. The van der Waals surface area contributed by atoms with Crippen molar-refractivity contribution in [1.82, 2.24) is 15.3 Å². The molecule has 0 spiro atoms. The van der Waals surface area contributed by atoms with Crippen LogP contribution in [0.15, 0.2) is 41.7 Å². The van der Waals surface area contributed by atoms with Gasteiger partial charge < -0.3 is 16.8 Å². The van der Waals surface area contributed by atoms with Gasteiger partial charge >= 0.3 is 0 Å². The van der Waals surface area contributed by atoms with Crippen molar-refractivity contribution >= 4 is 34.1 Å². The van der Waals surface area contributed by atoms with E-state index in [4.69, 9.17) is 16.7 Å². The Hall–Kier alpha value is -4.37. The lowest BCUT2D eigenvalue weighted by atomic mass is 9.94. The molecule has 0 fully saturated rings. The molecule has 1 atom stereocenters. The minimum Gasteiger partial charge on any atom is -0.397 e. The van der Waals surface area contributed by atoms with Crippen LogP contribution < -0.4 is 22.1 Å². The monoisotopic (exact) mass is 355 g/mol. The van der Waals surface area contributed by atoms with Crippen LogP contribution in [0.2, 0.25) is 0 Å². The molecule has 0 radical (unpaired) electrons. The average Bonchev–Trinajstić information content (AvgIpc) is 2.67. The van der Waals surface area contributed by atoms with Crippen molar-refractivity contribution in [3.63, 3.8) is 0 Å². The molecule has 3 heterocycles. The highest BCUT2D eigenvalue weighted by molar-refractivity contribution is 5.98. The molecule has 1 aliphatic heterocycles. The van der Waals surface area contributed by atoms with E-state index in [0.717, 1.165) is 16.3 Å². The Bertz CT molecular complexity index is 1180. The lowest BCUT2D eigenvalue weighted by Gasteiger charge is -2.26. The second-order valence-corrected chi connectivity index (χ2v) is 5.88. The number of nitrogen functional groups attached to an aromatic ring is 2. The molecule has 0 saturated heterocycles. The summed E-state index contributed by atoms with van der Waals surface area (Å²) >= 11 is 0. The molecule has 6 N–H and O–H groups in total. The highest BCUT2D eigenvalue weighted by Crippen LogP contribution is 2.40. The van der Waals surface area contributed by atoms with Gasteiger partial charge in [0.1, 0.15) is 29.3 Å². The van der Waals surface area contributed by atoms with Crippen LogP contribution in [0, 0.1) is 22.8 Å². The SMILES string of the molecule is N#CNC1=NC(c2ccc3ccncc3c2)c2c(nc(N)c(C#N)c2N)N1. The molecule has 4 rings (SSSR count). The summed E-state index contributed by atoms with van der Waals surface area (Å²) in [5, 5.41) is 25.6. The van der Waals surface area contributed by atoms with Crippen LogP contribution in [0.25, 0.3) is 10.8 Å². The standard InChI is InChI=1S/C18H13N9/c19-6-12-14(21)13-15(10-2-1-9-3-4-23-7-11(9)5-10)25-18(24-8-20)27-17(13)26-16(12)22/h1-5,7,15H,(H6,21,22,24,25,26,27). The largest absolute Gasteiger partial charge is 0.397 e. The van der Waals surface area contributed by atoms with Gasteiger partial charge in [-0.2, -0.15) is 10.5 Å².